The minimum Gasteiger partial charge on any atom is -0.466 e. The first-order valence-electron chi connectivity index (χ1n) is 22.5. The van der Waals surface area contributed by atoms with E-state index < -0.39 is 33.8 Å². The molecule has 14 heteroatoms. The number of imide groups is 1. The number of nitrogens with two attached hydrogens (primary N) is 1. The number of hydrogen-bond donors (Lipinski definition) is 4. The van der Waals surface area contributed by atoms with Crippen molar-refractivity contribution >= 4 is 35.1 Å². The number of para-hydroxylation sites is 1. The van der Waals surface area contributed by atoms with E-state index in [4.69, 9.17) is 15.2 Å². The fraction of sp³-hybridized carbons (Fsp3) is 0.480. The number of allylic oxidation sites excluding steroid dienone is 2. The van der Waals surface area contributed by atoms with E-state index in [1.165, 1.54) is 96.9 Å². The van der Waals surface area contributed by atoms with Gasteiger partial charge in [0.1, 0.15) is 0 Å². The average molecular weight is 880 g/mol. The summed E-state index contributed by atoms with van der Waals surface area (Å²) in [5.74, 6) is -2.27. The van der Waals surface area contributed by atoms with Crippen LogP contribution < -0.4 is 16.4 Å². The first kappa shape index (κ1) is 49.2. The van der Waals surface area contributed by atoms with Crippen LogP contribution >= 0.6 is 0 Å². The first-order chi connectivity index (χ1) is 30.7. The summed E-state index contributed by atoms with van der Waals surface area (Å²) in [5, 5.41) is 28.4. The molecule has 4 aliphatic rings. The molecule has 3 heterocycles. The Morgan fingerprint density at radius 1 is 0.844 bits per heavy atom. The number of amides is 2. The molecule has 14 nitrogen and oxygen atoms in total. The van der Waals surface area contributed by atoms with E-state index in [1.807, 2.05) is 19.1 Å². The predicted molar refractivity (Wildman–Crippen MR) is 245 cm³/mol. The first-order valence-corrected chi connectivity index (χ1v) is 22.5. The molecule has 0 spiro atoms. The third-order valence-electron chi connectivity index (χ3n) is 13.4. The van der Waals surface area contributed by atoms with Gasteiger partial charge in [-0.3, -0.25) is 25.0 Å². The number of ether oxygens (including phenoxy) is 2. The van der Waals surface area contributed by atoms with Gasteiger partial charge in [0.05, 0.1) is 47.2 Å². The van der Waals surface area contributed by atoms with Crippen LogP contribution in [0.5, 0.6) is 0 Å². The van der Waals surface area contributed by atoms with Gasteiger partial charge in [0.2, 0.25) is 11.8 Å². The van der Waals surface area contributed by atoms with Crippen LogP contribution in [0.2, 0.25) is 0 Å². The number of likely N-dealkylation sites (tertiary alicyclic amines) is 1. The molecule has 0 bridgehead atoms. The fourth-order valence-electron chi connectivity index (χ4n) is 9.73. The quantitative estimate of drug-likeness (QED) is 0.0478. The second-order valence-electron chi connectivity index (χ2n) is 17.1. The lowest BCUT2D eigenvalue weighted by Crippen LogP contribution is -2.51. The van der Waals surface area contributed by atoms with Crippen molar-refractivity contribution in [3.63, 3.8) is 0 Å². The van der Waals surface area contributed by atoms with E-state index in [0.29, 0.717) is 42.3 Å². The zero-order chi connectivity index (χ0) is 46.4. The van der Waals surface area contributed by atoms with Crippen molar-refractivity contribution in [1.82, 2.24) is 15.5 Å². The van der Waals surface area contributed by atoms with Gasteiger partial charge < -0.3 is 30.5 Å². The number of nitrogens with one attached hydrogen (secondary N) is 2. The molecule has 5 N–H and O–H groups in total. The Morgan fingerprint density at radius 3 is 1.95 bits per heavy atom. The summed E-state index contributed by atoms with van der Waals surface area (Å²) in [7, 11) is 2.42. The molecule has 1 aliphatic carbocycles. The molecular weight excluding hydrogens is 815 g/mol. The van der Waals surface area contributed by atoms with Crippen molar-refractivity contribution in [2.24, 2.45) is 5.92 Å². The summed E-state index contributed by atoms with van der Waals surface area (Å²) in [4.78, 5) is 61.4. The molecule has 3 aromatic carbocycles. The van der Waals surface area contributed by atoms with E-state index >= 15 is 0 Å². The number of aliphatic hydroxyl groups is 1. The van der Waals surface area contributed by atoms with E-state index in [-0.39, 0.29) is 34.2 Å². The number of nitrogen functional groups attached to an aromatic ring is 1. The van der Waals surface area contributed by atoms with Crippen LogP contribution in [0.25, 0.3) is 0 Å². The number of esters is 2. The fourth-order valence-corrected chi connectivity index (χ4v) is 9.73. The average Bonchev–Trinajstić information content (AvgIpc) is 3.32. The lowest BCUT2D eigenvalue weighted by Gasteiger charge is -2.40. The Morgan fingerprint density at radius 2 is 1.41 bits per heavy atom. The number of anilines is 1. The summed E-state index contributed by atoms with van der Waals surface area (Å²) >= 11 is 0. The molecule has 64 heavy (non-hydrogen) atoms. The van der Waals surface area contributed by atoms with Gasteiger partial charge in [-0.2, -0.15) is 0 Å². The molecular formula is C50H65N5O9. The molecule has 2 saturated heterocycles. The number of dihydropyridines is 1. The molecule has 2 amide bonds. The molecule has 2 atom stereocenters. The number of carbonyl (C=O) groups excluding carboxylic acids is 4. The van der Waals surface area contributed by atoms with Crippen LogP contribution in [0, 0.1) is 16.0 Å². The topological polar surface area (TPSA) is 203 Å². The SMILES string of the molecule is CCC1(c2ccc(N)cc2)CCC(=O)NC1=O.COC(=O)C1=C(C)NC(C)=C(C(=O)OC)C1c1ccccc1[N+](=O)[O-].OC(CCN1CCCCC1)(c1ccccc1)C1CCCCC1. The normalized spacial score (nSPS) is 20.6. The highest BCUT2D eigenvalue weighted by atomic mass is 16.6. The van der Waals surface area contributed by atoms with Crippen LogP contribution in [-0.4, -0.2) is 72.5 Å². The number of rotatable bonds is 11. The highest BCUT2D eigenvalue weighted by molar-refractivity contribution is 6.03. The van der Waals surface area contributed by atoms with Crippen LogP contribution in [0.4, 0.5) is 11.4 Å². The van der Waals surface area contributed by atoms with Crippen LogP contribution in [0.3, 0.4) is 0 Å². The monoisotopic (exact) mass is 879 g/mol. The third-order valence-corrected chi connectivity index (χ3v) is 13.4. The number of benzene rings is 3. The number of piperidine rings is 2. The minimum atomic E-state index is -0.970. The zero-order valence-electron chi connectivity index (χ0n) is 38.0. The lowest BCUT2D eigenvalue weighted by atomic mass is 9.71. The molecule has 7 rings (SSSR count). The number of nitro groups is 1. The van der Waals surface area contributed by atoms with E-state index in [9.17, 15) is 34.4 Å². The maximum absolute atomic E-state index is 12.3. The molecule has 344 valence electrons. The number of carbonyl (C=O) groups is 4. The van der Waals surface area contributed by atoms with Gasteiger partial charge in [0.15, 0.2) is 0 Å². The number of methoxy groups -OCH3 is 2. The van der Waals surface area contributed by atoms with Crippen molar-refractivity contribution in [1.29, 1.82) is 0 Å². The Hall–Kier alpha value is -5.86. The Labute approximate surface area is 376 Å². The van der Waals surface area contributed by atoms with E-state index in [0.717, 1.165) is 24.1 Å². The Balaban J connectivity index is 0.000000184. The van der Waals surface area contributed by atoms with Crippen molar-refractivity contribution in [2.75, 3.05) is 39.6 Å². The molecule has 3 fully saturated rings. The van der Waals surface area contributed by atoms with Crippen molar-refractivity contribution < 1.29 is 38.7 Å². The second-order valence-corrected chi connectivity index (χ2v) is 17.1. The number of nitro benzene ring substituents is 1. The molecule has 3 aromatic rings. The summed E-state index contributed by atoms with van der Waals surface area (Å²) in [5.41, 5.74) is 8.37. The Bertz CT molecular complexity index is 2140. The maximum atomic E-state index is 12.3. The highest BCUT2D eigenvalue weighted by Crippen LogP contribution is 2.44. The summed E-state index contributed by atoms with van der Waals surface area (Å²) in [6.07, 6.45) is 12.8. The smallest absolute Gasteiger partial charge is 0.336 e. The van der Waals surface area contributed by atoms with Gasteiger partial charge in [-0.15, -0.1) is 0 Å². The lowest BCUT2D eigenvalue weighted by molar-refractivity contribution is -0.385. The molecule has 2 unspecified atom stereocenters. The highest BCUT2D eigenvalue weighted by Gasteiger charge is 2.43. The second kappa shape index (κ2) is 22.7. The van der Waals surface area contributed by atoms with Crippen molar-refractivity contribution in [2.45, 2.75) is 115 Å². The predicted octanol–water partition coefficient (Wildman–Crippen LogP) is 7.86. The maximum Gasteiger partial charge on any atom is 0.336 e. The van der Waals surface area contributed by atoms with Crippen molar-refractivity contribution in [3.8, 4) is 0 Å². The third kappa shape index (κ3) is 11.4. The van der Waals surface area contributed by atoms with Crippen molar-refractivity contribution in [3.05, 3.63) is 128 Å². The van der Waals surface area contributed by atoms with Gasteiger partial charge in [0, 0.05) is 41.7 Å². The summed E-state index contributed by atoms with van der Waals surface area (Å²) in [6.45, 7) is 8.73. The number of hydrogen-bond acceptors (Lipinski definition) is 12. The van der Waals surface area contributed by atoms with E-state index in [2.05, 4.69) is 45.9 Å². The molecule has 1 saturated carbocycles. The molecule has 0 radical (unpaired) electrons. The largest absolute Gasteiger partial charge is 0.466 e. The summed E-state index contributed by atoms with van der Waals surface area (Å²) in [6, 6.07) is 23.7. The number of nitrogens with zero attached hydrogens (tertiary/aromatic N) is 2. The van der Waals surface area contributed by atoms with Crippen LogP contribution in [0.1, 0.15) is 120 Å². The minimum absolute atomic E-state index is 0.128. The van der Waals surface area contributed by atoms with Gasteiger partial charge in [-0.1, -0.05) is 93.3 Å². The zero-order valence-corrected chi connectivity index (χ0v) is 38.0. The molecule has 3 aliphatic heterocycles. The van der Waals surface area contributed by atoms with E-state index in [1.54, 1.807) is 32.0 Å². The standard InChI is InChI=1S/C20H31NO.C17H18N2O6.C13H16N2O2/c22-20(18-10-4-1-5-11-18,19-12-6-2-7-13-19)14-17-21-15-8-3-9-16-21;1-9-13(16(20)24-3)15(14(10(2)18-9)17(21)25-4)11-7-5-6-8-12(11)19(22)23;1-2-13(8-7-11(16)15-12(13)17)9-3-5-10(14)6-4-9/h1,4-5,10-11,19,22H,2-3,6-9,12-17H2;5-8,15,18H,1-4H3;3-6H,2,7-8,14H2,1H3,(H,15,16,17). The Kier molecular flexibility index (Phi) is 17.4. The van der Waals surface area contributed by atoms with Gasteiger partial charge in [-0.25, -0.2) is 9.59 Å². The summed E-state index contributed by atoms with van der Waals surface area (Å²) < 4.78 is 9.66. The van der Waals surface area contributed by atoms with Crippen LogP contribution in [-0.2, 0) is 39.7 Å². The molecule has 0 aromatic heterocycles. The van der Waals surface area contributed by atoms with Crippen LogP contribution in [0.15, 0.2) is 101 Å². The van der Waals surface area contributed by atoms with Gasteiger partial charge in [0.25, 0.3) is 5.69 Å². The van der Waals surface area contributed by atoms with Gasteiger partial charge in [-0.05, 0) is 101 Å². The van der Waals surface area contributed by atoms with Gasteiger partial charge >= 0.3 is 11.9 Å².